The molecule has 2 heterocycles. The minimum atomic E-state index is 1.32. The lowest BCUT2D eigenvalue weighted by molar-refractivity contribution is 1.51. The van der Waals surface area contributed by atoms with Crippen LogP contribution in [0, 0.1) is 6.92 Å². The Balaban J connectivity index is 1.78. The summed E-state index contributed by atoms with van der Waals surface area (Å²) in [5.74, 6) is 0. The van der Waals surface area contributed by atoms with E-state index in [1.807, 2.05) is 22.7 Å². The Bertz CT molecular complexity index is 1450. The molecule has 0 amide bonds. The van der Waals surface area contributed by atoms with E-state index in [1.54, 1.807) is 0 Å². The number of rotatable bonds is 0. The fourth-order valence-corrected chi connectivity index (χ4v) is 6.50. The number of hydrogen-bond donors (Lipinski definition) is 0. The van der Waals surface area contributed by atoms with E-state index >= 15 is 0 Å². The number of benzene rings is 4. The van der Waals surface area contributed by atoms with Crippen molar-refractivity contribution in [2.45, 2.75) is 6.92 Å². The van der Waals surface area contributed by atoms with Gasteiger partial charge in [-0.2, -0.15) is 0 Å². The van der Waals surface area contributed by atoms with E-state index in [9.17, 15) is 0 Å². The highest BCUT2D eigenvalue weighted by atomic mass is 32.1. The lowest BCUT2D eigenvalue weighted by Gasteiger charge is -2.00. The van der Waals surface area contributed by atoms with E-state index in [4.69, 9.17) is 0 Å². The van der Waals surface area contributed by atoms with Crippen LogP contribution >= 0.6 is 22.7 Å². The van der Waals surface area contributed by atoms with Crippen molar-refractivity contribution >= 4 is 73.8 Å². The van der Waals surface area contributed by atoms with Crippen LogP contribution in [0.25, 0.3) is 51.1 Å². The molecular formula is C23H14S2. The van der Waals surface area contributed by atoms with Crippen LogP contribution < -0.4 is 0 Å². The Morgan fingerprint density at radius 3 is 1.80 bits per heavy atom. The highest BCUT2D eigenvalue weighted by molar-refractivity contribution is 7.36. The molecule has 0 fully saturated rings. The van der Waals surface area contributed by atoms with Crippen molar-refractivity contribution in [2.24, 2.45) is 0 Å². The molecule has 0 spiro atoms. The zero-order valence-corrected chi connectivity index (χ0v) is 15.3. The molecular weight excluding hydrogens is 340 g/mol. The lowest BCUT2D eigenvalue weighted by atomic mass is 10.1. The van der Waals surface area contributed by atoms with Gasteiger partial charge >= 0.3 is 0 Å². The van der Waals surface area contributed by atoms with E-state index in [0.717, 1.165) is 0 Å². The summed E-state index contributed by atoms with van der Waals surface area (Å²) in [6, 6.07) is 24.8. The smallest absolute Gasteiger partial charge is 0.0542 e. The molecule has 0 aliphatic carbocycles. The van der Waals surface area contributed by atoms with Crippen LogP contribution in [0.2, 0.25) is 0 Å². The molecule has 25 heavy (non-hydrogen) atoms. The largest absolute Gasteiger partial charge is 0.134 e. The van der Waals surface area contributed by atoms with Gasteiger partial charge in [-0.25, -0.2) is 0 Å². The first kappa shape index (κ1) is 13.8. The average Bonchev–Trinajstić information content (AvgIpc) is 3.13. The van der Waals surface area contributed by atoms with Gasteiger partial charge in [0, 0.05) is 20.2 Å². The van der Waals surface area contributed by atoms with Gasteiger partial charge in [-0.05, 0) is 52.7 Å². The van der Waals surface area contributed by atoms with Gasteiger partial charge < -0.3 is 0 Å². The van der Waals surface area contributed by atoms with Crippen molar-refractivity contribution in [3.63, 3.8) is 0 Å². The maximum Gasteiger partial charge on any atom is 0.0542 e. The van der Waals surface area contributed by atoms with Gasteiger partial charge in [-0.3, -0.25) is 0 Å². The molecule has 0 bridgehead atoms. The summed E-state index contributed by atoms with van der Waals surface area (Å²) < 4.78 is 5.67. The highest BCUT2D eigenvalue weighted by Gasteiger charge is 2.13. The molecule has 6 rings (SSSR count). The van der Waals surface area contributed by atoms with E-state index in [0.29, 0.717) is 0 Å². The third-order valence-electron chi connectivity index (χ3n) is 5.06. The Kier molecular flexibility index (Phi) is 2.66. The Labute approximate surface area is 152 Å². The minimum Gasteiger partial charge on any atom is -0.134 e. The molecule has 6 aromatic rings. The Morgan fingerprint density at radius 1 is 0.560 bits per heavy atom. The van der Waals surface area contributed by atoms with Crippen molar-refractivity contribution in [3.8, 4) is 0 Å². The summed E-state index contributed by atoms with van der Waals surface area (Å²) in [4.78, 5) is 0. The summed E-state index contributed by atoms with van der Waals surface area (Å²) in [6.45, 7) is 2.16. The predicted octanol–water partition coefficient (Wildman–Crippen LogP) is 7.88. The maximum absolute atomic E-state index is 2.37. The summed E-state index contributed by atoms with van der Waals surface area (Å²) >= 11 is 3.87. The third-order valence-corrected chi connectivity index (χ3v) is 7.56. The van der Waals surface area contributed by atoms with Gasteiger partial charge in [0.25, 0.3) is 0 Å². The molecule has 0 radical (unpaired) electrons. The molecule has 0 aliphatic rings. The Morgan fingerprint density at radius 2 is 1.12 bits per heavy atom. The number of thiophene rings is 2. The highest BCUT2D eigenvalue weighted by Crippen LogP contribution is 2.46. The fourth-order valence-electron chi connectivity index (χ4n) is 3.81. The molecule has 0 N–H and O–H groups in total. The van der Waals surface area contributed by atoms with E-state index < -0.39 is 0 Å². The fraction of sp³-hybridized carbons (Fsp3) is 0.0435. The molecule has 0 unspecified atom stereocenters. The first-order valence-corrected chi connectivity index (χ1v) is 10.1. The van der Waals surface area contributed by atoms with Crippen molar-refractivity contribution in [3.05, 3.63) is 72.3 Å². The molecule has 4 aromatic carbocycles. The second-order valence-corrected chi connectivity index (χ2v) is 8.86. The van der Waals surface area contributed by atoms with Gasteiger partial charge in [0.1, 0.15) is 0 Å². The summed E-state index contributed by atoms with van der Waals surface area (Å²) in [5, 5.41) is 8.14. The molecule has 118 valence electrons. The lowest BCUT2D eigenvalue weighted by Crippen LogP contribution is -1.75. The topological polar surface area (TPSA) is 0 Å². The molecule has 0 saturated heterocycles. The quantitative estimate of drug-likeness (QED) is 0.260. The number of aryl methyl sites for hydroxylation is 1. The van der Waals surface area contributed by atoms with E-state index in [1.165, 1.54) is 56.7 Å². The number of hydrogen-bond acceptors (Lipinski definition) is 2. The third kappa shape index (κ3) is 1.92. The summed E-state index contributed by atoms with van der Waals surface area (Å²) in [6.07, 6.45) is 0. The second-order valence-electron chi connectivity index (χ2n) is 6.76. The first-order valence-electron chi connectivity index (χ1n) is 8.44. The molecule has 0 saturated carbocycles. The van der Waals surface area contributed by atoms with Crippen molar-refractivity contribution < 1.29 is 0 Å². The summed E-state index contributed by atoms with van der Waals surface area (Å²) in [7, 11) is 0. The van der Waals surface area contributed by atoms with Gasteiger partial charge in [0.2, 0.25) is 0 Å². The van der Waals surface area contributed by atoms with Crippen molar-refractivity contribution in [2.75, 3.05) is 0 Å². The number of fused-ring (bicyclic) bond motifs is 7. The first-order chi connectivity index (χ1) is 12.3. The summed E-state index contributed by atoms with van der Waals surface area (Å²) in [5.41, 5.74) is 1.32. The van der Waals surface area contributed by atoms with Crippen LogP contribution in [0.1, 0.15) is 5.56 Å². The monoisotopic (exact) mass is 354 g/mol. The SMILES string of the molecule is Cc1ccc2cc3c(cc2c1)sc1c2cc4ccccc4cc2sc31. The van der Waals surface area contributed by atoms with Gasteiger partial charge in [0.15, 0.2) is 0 Å². The van der Waals surface area contributed by atoms with E-state index in [-0.39, 0.29) is 0 Å². The van der Waals surface area contributed by atoms with Crippen molar-refractivity contribution in [1.29, 1.82) is 0 Å². The van der Waals surface area contributed by atoms with Gasteiger partial charge in [0.05, 0.1) is 9.40 Å². The molecule has 2 heteroatoms. The molecule has 0 nitrogen and oxygen atoms in total. The normalized spacial score (nSPS) is 12.2. The van der Waals surface area contributed by atoms with Crippen LogP contribution in [-0.4, -0.2) is 0 Å². The van der Waals surface area contributed by atoms with Gasteiger partial charge in [-0.1, -0.05) is 48.0 Å². The second kappa shape index (κ2) is 4.81. The van der Waals surface area contributed by atoms with Crippen LogP contribution in [0.5, 0.6) is 0 Å². The van der Waals surface area contributed by atoms with Crippen molar-refractivity contribution in [1.82, 2.24) is 0 Å². The van der Waals surface area contributed by atoms with Gasteiger partial charge in [-0.15, -0.1) is 22.7 Å². The van der Waals surface area contributed by atoms with Crippen LogP contribution in [0.15, 0.2) is 66.7 Å². The molecule has 0 atom stereocenters. The zero-order valence-electron chi connectivity index (χ0n) is 13.7. The molecule has 0 aliphatic heterocycles. The van der Waals surface area contributed by atoms with Crippen LogP contribution in [-0.2, 0) is 0 Å². The standard InChI is InChI=1S/C23H14S2/c1-13-6-7-16-10-19-21(12-17(16)8-13)25-22-18-9-14-4-2-3-5-15(14)11-20(18)24-23(19)22/h2-12H,1H3. The Hall–Kier alpha value is -2.42. The van der Waals surface area contributed by atoms with E-state index in [2.05, 4.69) is 73.7 Å². The minimum absolute atomic E-state index is 1.32. The molecule has 2 aromatic heterocycles. The predicted molar refractivity (Wildman–Crippen MR) is 114 cm³/mol. The van der Waals surface area contributed by atoms with Crippen LogP contribution in [0.3, 0.4) is 0 Å². The zero-order chi connectivity index (χ0) is 16.5. The maximum atomic E-state index is 2.37. The van der Waals surface area contributed by atoms with Crippen LogP contribution in [0.4, 0.5) is 0 Å². The average molecular weight is 354 g/mol.